The van der Waals surface area contributed by atoms with Crippen molar-refractivity contribution in [1.29, 1.82) is 0 Å². The Morgan fingerprint density at radius 1 is 1.13 bits per heavy atom. The van der Waals surface area contributed by atoms with Crippen LogP contribution in [0.2, 0.25) is 10.0 Å². The van der Waals surface area contributed by atoms with Gasteiger partial charge < -0.3 is 14.2 Å². The lowest BCUT2D eigenvalue weighted by Crippen LogP contribution is -2.49. The number of nitrogens with zero attached hydrogens (tertiary/aromatic N) is 2. The molecule has 1 aromatic heterocycles. The van der Waals surface area contributed by atoms with E-state index in [1.54, 1.807) is 17.8 Å². The van der Waals surface area contributed by atoms with Crippen LogP contribution in [-0.4, -0.2) is 40.7 Å². The standard InChI is InChI=1S/C23H24Cl2N2O2S/c1-15-10-27(11-16(2)29-15)23(28)13-26-12-22(19-5-3-4-6-21(19)26)30-14-17-7-8-18(24)9-20(17)25/h3-9,12,15-16H,10-11,13-14H2,1-2H3. The fourth-order valence-electron chi connectivity index (χ4n) is 3.88. The molecule has 1 amide bonds. The summed E-state index contributed by atoms with van der Waals surface area (Å²) in [6, 6.07) is 13.8. The molecule has 0 saturated carbocycles. The molecule has 1 saturated heterocycles. The lowest BCUT2D eigenvalue weighted by molar-refractivity contribution is -0.143. The molecule has 2 atom stereocenters. The average Bonchev–Trinajstić information content (AvgIpc) is 3.04. The number of halogens is 2. The minimum absolute atomic E-state index is 0.0642. The number of rotatable bonds is 5. The predicted octanol–water partition coefficient (Wildman–Crippen LogP) is 5.88. The fourth-order valence-corrected chi connectivity index (χ4v) is 5.53. The molecule has 3 aromatic rings. The smallest absolute Gasteiger partial charge is 0.242 e. The molecule has 158 valence electrons. The third-order valence-corrected chi connectivity index (χ3v) is 6.91. The number of aromatic nitrogens is 1. The number of fused-ring (bicyclic) bond motifs is 1. The van der Waals surface area contributed by atoms with Crippen LogP contribution in [-0.2, 0) is 21.8 Å². The molecule has 0 radical (unpaired) electrons. The summed E-state index contributed by atoms with van der Waals surface area (Å²) in [6.07, 6.45) is 2.20. The number of benzene rings is 2. The number of ether oxygens (including phenoxy) is 1. The highest BCUT2D eigenvalue weighted by Gasteiger charge is 2.26. The van der Waals surface area contributed by atoms with Gasteiger partial charge in [-0.25, -0.2) is 0 Å². The third kappa shape index (κ3) is 4.80. The Bertz CT molecular complexity index is 1060. The van der Waals surface area contributed by atoms with Crippen molar-refractivity contribution in [1.82, 2.24) is 9.47 Å². The number of amides is 1. The third-order valence-electron chi connectivity index (χ3n) is 5.23. The van der Waals surface area contributed by atoms with Gasteiger partial charge in [0.2, 0.25) is 5.91 Å². The average molecular weight is 463 g/mol. The van der Waals surface area contributed by atoms with E-state index in [0.29, 0.717) is 29.7 Å². The molecule has 0 spiro atoms. The molecule has 2 unspecified atom stereocenters. The van der Waals surface area contributed by atoms with Gasteiger partial charge in [0, 0.05) is 50.9 Å². The van der Waals surface area contributed by atoms with Gasteiger partial charge in [0.1, 0.15) is 6.54 Å². The summed E-state index contributed by atoms with van der Waals surface area (Å²) in [7, 11) is 0. The predicted molar refractivity (Wildman–Crippen MR) is 125 cm³/mol. The second-order valence-electron chi connectivity index (χ2n) is 7.72. The molecule has 1 aliphatic rings. The first-order valence-corrected chi connectivity index (χ1v) is 11.7. The van der Waals surface area contributed by atoms with Crippen molar-refractivity contribution in [2.45, 2.75) is 43.2 Å². The number of hydrogen-bond donors (Lipinski definition) is 0. The Hall–Kier alpha value is -1.66. The lowest BCUT2D eigenvalue weighted by atomic mass is 10.2. The first kappa shape index (κ1) is 21.6. The van der Waals surface area contributed by atoms with Crippen molar-refractivity contribution in [3.05, 3.63) is 64.3 Å². The number of thioether (sulfide) groups is 1. The first-order valence-electron chi connectivity index (χ1n) is 9.98. The Morgan fingerprint density at radius 2 is 1.87 bits per heavy atom. The van der Waals surface area contributed by atoms with Crippen molar-refractivity contribution in [2.75, 3.05) is 13.1 Å². The zero-order valence-corrected chi connectivity index (χ0v) is 19.3. The molecule has 0 bridgehead atoms. The van der Waals surface area contributed by atoms with Gasteiger partial charge in [-0.05, 0) is 37.6 Å². The van der Waals surface area contributed by atoms with Gasteiger partial charge in [0.15, 0.2) is 0 Å². The van der Waals surface area contributed by atoms with Crippen molar-refractivity contribution in [2.24, 2.45) is 0 Å². The van der Waals surface area contributed by atoms with Crippen molar-refractivity contribution < 1.29 is 9.53 Å². The number of morpholine rings is 1. The SMILES string of the molecule is CC1CN(C(=O)Cn2cc(SCc3ccc(Cl)cc3Cl)c3ccccc32)CC(C)O1. The van der Waals surface area contributed by atoms with Crippen LogP contribution in [0, 0.1) is 0 Å². The van der Waals surface area contributed by atoms with Gasteiger partial charge in [-0.15, -0.1) is 11.8 Å². The van der Waals surface area contributed by atoms with Crippen LogP contribution < -0.4 is 0 Å². The minimum Gasteiger partial charge on any atom is -0.372 e. The van der Waals surface area contributed by atoms with E-state index in [9.17, 15) is 4.79 Å². The van der Waals surface area contributed by atoms with E-state index in [2.05, 4.69) is 18.3 Å². The fraction of sp³-hybridized carbons (Fsp3) is 0.348. The molecule has 7 heteroatoms. The largest absolute Gasteiger partial charge is 0.372 e. The zero-order valence-electron chi connectivity index (χ0n) is 17.0. The van der Waals surface area contributed by atoms with Crippen LogP contribution in [0.1, 0.15) is 19.4 Å². The van der Waals surface area contributed by atoms with E-state index in [1.165, 1.54) is 0 Å². The van der Waals surface area contributed by atoms with Gasteiger partial charge in [-0.2, -0.15) is 0 Å². The summed E-state index contributed by atoms with van der Waals surface area (Å²) in [5.41, 5.74) is 2.10. The summed E-state index contributed by atoms with van der Waals surface area (Å²) in [4.78, 5) is 16.0. The van der Waals surface area contributed by atoms with E-state index in [0.717, 1.165) is 27.1 Å². The number of carbonyl (C=O) groups excluding carboxylic acids is 1. The lowest BCUT2D eigenvalue weighted by Gasteiger charge is -2.35. The summed E-state index contributed by atoms with van der Waals surface area (Å²) in [5, 5.41) is 2.45. The van der Waals surface area contributed by atoms with Gasteiger partial charge in [0.25, 0.3) is 0 Å². The molecule has 30 heavy (non-hydrogen) atoms. The van der Waals surface area contributed by atoms with Crippen LogP contribution in [0.5, 0.6) is 0 Å². The van der Waals surface area contributed by atoms with E-state index >= 15 is 0 Å². The number of para-hydroxylation sites is 1. The molecule has 4 nitrogen and oxygen atoms in total. The van der Waals surface area contributed by atoms with Crippen LogP contribution in [0.4, 0.5) is 0 Å². The summed E-state index contributed by atoms with van der Waals surface area (Å²) < 4.78 is 7.81. The molecule has 2 heterocycles. The highest BCUT2D eigenvalue weighted by Crippen LogP contribution is 2.34. The van der Waals surface area contributed by atoms with Gasteiger partial charge >= 0.3 is 0 Å². The maximum Gasteiger partial charge on any atom is 0.242 e. The van der Waals surface area contributed by atoms with Gasteiger partial charge in [0.05, 0.1) is 12.2 Å². The van der Waals surface area contributed by atoms with E-state index < -0.39 is 0 Å². The molecule has 4 rings (SSSR count). The highest BCUT2D eigenvalue weighted by atomic mass is 35.5. The number of hydrogen-bond acceptors (Lipinski definition) is 3. The molecular formula is C23H24Cl2N2O2S. The van der Waals surface area contributed by atoms with Crippen LogP contribution in [0.15, 0.2) is 53.6 Å². The highest BCUT2D eigenvalue weighted by molar-refractivity contribution is 7.98. The van der Waals surface area contributed by atoms with Crippen molar-refractivity contribution >= 4 is 51.8 Å². The first-order chi connectivity index (χ1) is 14.4. The maximum atomic E-state index is 13.0. The van der Waals surface area contributed by atoms with Gasteiger partial charge in [-0.3, -0.25) is 4.79 Å². The van der Waals surface area contributed by atoms with E-state index in [-0.39, 0.29) is 18.1 Å². The normalized spacial score (nSPS) is 19.4. The summed E-state index contributed by atoms with van der Waals surface area (Å²) >= 11 is 14.1. The molecule has 2 aromatic carbocycles. The van der Waals surface area contributed by atoms with E-state index in [1.807, 2.05) is 47.6 Å². The quantitative estimate of drug-likeness (QED) is 0.444. The second-order valence-corrected chi connectivity index (χ2v) is 9.58. The Labute approximate surface area is 191 Å². The summed E-state index contributed by atoms with van der Waals surface area (Å²) in [6.45, 7) is 5.62. The Balaban J connectivity index is 1.54. The van der Waals surface area contributed by atoms with Crippen LogP contribution in [0.3, 0.4) is 0 Å². The minimum atomic E-state index is 0.0642. The van der Waals surface area contributed by atoms with Crippen LogP contribution in [0.25, 0.3) is 10.9 Å². The Kier molecular flexibility index (Phi) is 6.63. The van der Waals surface area contributed by atoms with Crippen molar-refractivity contribution in [3.63, 3.8) is 0 Å². The van der Waals surface area contributed by atoms with Gasteiger partial charge in [-0.1, -0.05) is 47.5 Å². The molecule has 1 aliphatic heterocycles. The zero-order chi connectivity index (χ0) is 21.3. The van der Waals surface area contributed by atoms with Crippen molar-refractivity contribution in [3.8, 4) is 0 Å². The second kappa shape index (κ2) is 9.23. The molecule has 0 aliphatic carbocycles. The number of carbonyl (C=O) groups is 1. The Morgan fingerprint density at radius 3 is 2.60 bits per heavy atom. The molecule has 0 N–H and O–H groups in total. The maximum absolute atomic E-state index is 13.0. The topological polar surface area (TPSA) is 34.5 Å². The molecular weight excluding hydrogens is 439 g/mol. The van der Waals surface area contributed by atoms with Crippen LogP contribution >= 0.6 is 35.0 Å². The van der Waals surface area contributed by atoms with E-state index in [4.69, 9.17) is 27.9 Å². The molecule has 1 fully saturated rings. The summed E-state index contributed by atoms with van der Waals surface area (Å²) in [5.74, 6) is 0.853. The monoisotopic (exact) mass is 462 g/mol.